The number of benzene rings is 1. The van der Waals surface area contributed by atoms with Crippen LogP contribution >= 0.6 is 0 Å². The van der Waals surface area contributed by atoms with Crippen molar-refractivity contribution in [3.05, 3.63) is 30.0 Å². The van der Waals surface area contributed by atoms with E-state index >= 15 is 0 Å². The molecule has 0 atom stereocenters. The molecule has 2 N–H and O–H groups in total. The number of urea groups is 1. The van der Waals surface area contributed by atoms with Crippen LogP contribution in [0.5, 0.6) is 0 Å². The van der Waals surface area contributed by atoms with Crippen LogP contribution in [0.4, 0.5) is 10.5 Å². The van der Waals surface area contributed by atoms with E-state index < -0.39 is 15.9 Å². The third kappa shape index (κ3) is 3.98. The molecule has 0 saturated carbocycles. The first-order valence-electron chi connectivity index (χ1n) is 6.66. The summed E-state index contributed by atoms with van der Waals surface area (Å²) in [6, 6.07) is 6.86. The molecule has 21 heavy (non-hydrogen) atoms. The topological polar surface area (TPSA) is 88.4 Å². The number of nitrogens with one attached hydrogen (secondary N) is 2. The predicted molar refractivity (Wildman–Crippen MR) is 82.3 cm³/mol. The summed E-state index contributed by atoms with van der Waals surface area (Å²) in [5.74, 6) is 0.760. The van der Waals surface area contributed by atoms with Gasteiger partial charge in [-0.2, -0.15) is 0 Å². The van der Waals surface area contributed by atoms with E-state index in [9.17, 15) is 13.2 Å². The van der Waals surface area contributed by atoms with E-state index in [0.29, 0.717) is 11.3 Å². The number of hydrogen-bond acceptors (Lipinski definition) is 4. The Hall–Kier alpha value is -2.02. The van der Waals surface area contributed by atoms with Crippen LogP contribution in [0.2, 0.25) is 0 Å². The van der Waals surface area contributed by atoms with Gasteiger partial charge in [-0.15, -0.1) is 0 Å². The summed E-state index contributed by atoms with van der Waals surface area (Å²) in [4.78, 5) is 11.8. The molecular formula is C14H18N2O4S. The minimum atomic E-state index is -3.08. The van der Waals surface area contributed by atoms with Crippen molar-refractivity contribution >= 4 is 32.5 Å². The van der Waals surface area contributed by atoms with Crippen LogP contribution in [-0.4, -0.2) is 32.5 Å². The van der Waals surface area contributed by atoms with Crippen molar-refractivity contribution in [1.82, 2.24) is 5.32 Å². The maximum absolute atomic E-state index is 11.8. The lowest BCUT2D eigenvalue weighted by Gasteiger charge is -2.08. The second-order valence-electron chi connectivity index (χ2n) is 4.70. The summed E-state index contributed by atoms with van der Waals surface area (Å²) in [5, 5.41) is 6.09. The van der Waals surface area contributed by atoms with Crippen molar-refractivity contribution in [2.24, 2.45) is 0 Å². The number of carbonyl (C=O) groups is 1. The summed E-state index contributed by atoms with van der Waals surface area (Å²) >= 11 is 0. The maximum Gasteiger partial charge on any atom is 0.319 e. The molecule has 2 aromatic rings. The number of carbonyl (C=O) groups excluding carboxylic acids is 1. The number of amides is 2. The molecule has 0 aliphatic heterocycles. The molecular weight excluding hydrogens is 292 g/mol. The largest absolute Gasteiger partial charge is 0.459 e. The fourth-order valence-electron chi connectivity index (χ4n) is 1.92. The van der Waals surface area contributed by atoms with Gasteiger partial charge in [0.2, 0.25) is 0 Å². The number of aryl methyl sites for hydroxylation is 1. The Morgan fingerprint density at radius 3 is 2.81 bits per heavy atom. The zero-order chi connectivity index (χ0) is 15.5. The van der Waals surface area contributed by atoms with Crippen LogP contribution in [0.15, 0.2) is 28.7 Å². The molecule has 0 unspecified atom stereocenters. The van der Waals surface area contributed by atoms with Crippen LogP contribution in [0.25, 0.3) is 11.0 Å². The van der Waals surface area contributed by atoms with Crippen molar-refractivity contribution in [3.8, 4) is 0 Å². The highest BCUT2D eigenvalue weighted by Gasteiger charge is 2.11. The SMILES string of the molecule is CCS(=O)(=O)CCNC(=O)Nc1cccc2cc(C)oc12. The van der Waals surface area contributed by atoms with E-state index in [2.05, 4.69) is 10.6 Å². The molecule has 2 amide bonds. The molecule has 0 aliphatic carbocycles. The van der Waals surface area contributed by atoms with Crippen LogP contribution in [-0.2, 0) is 9.84 Å². The first-order chi connectivity index (χ1) is 9.91. The summed E-state index contributed by atoms with van der Waals surface area (Å²) in [6.45, 7) is 3.49. The highest BCUT2D eigenvalue weighted by Crippen LogP contribution is 2.26. The van der Waals surface area contributed by atoms with Crippen molar-refractivity contribution < 1.29 is 17.6 Å². The molecule has 0 bridgehead atoms. The van der Waals surface area contributed by atoms with Crippen molar-refractivity contribution in [1.29, 1.82) is 0 Å². The third-order valence-electron chi connectivity index (χ3n) is 3.05. The Morgan fingerprint density at radius 2 is 2.10 bits per heavy atom. The molecule has 0 spiro atoms. The first-order valence-corrected chi connectivity index (χ1v) is 8.48. The average Bonchev–Trinajstić information content (AvgIpc) is 2.80. The predicted octanol–water partition coefficient (Wildman–Crippen LogP) is 2.30. The van der Waals surface area contributed by atoms with Gasteiger partial charge in [-0.05, 0) is 19.1 Å². The molecule has 6 nitrogen and oxygen atoms in total. The van der Waals surface area contributed by atoms with E-state index in [1.54, 1.807) is 13.0 Å². The normalized spacial score (nSPS) is 11.5. The number of para-hydroxylation sites is 1. The Balaban J connectivity index is 1.99. The smallest absolute Gasteiger partial charge is 0.319 e. The van der Waals surface area contributed by atoms with Gasteiger partial charge in [0.15, 0.2) is 15.4 Å². The number of hydrogen-bond donors (Lipinski definition) is 2. The highest BCUT2D eigenvalue weighted by atomic mass is 32.2. The summed E-state index contributed by atoms with van der Waals surface area (Å²) in [6.07, 6.45) is 0. The van der Waals surface area contributed by atoms with Gasteiger partial charge in [-0.25, -0.2) is 13.2 Å². The van der Waals surface area contributed by atoms with Gasteiger partial charge >= 0.3 is 6.03 Å². The summed E-state index contributed by atoms with van der Waals surface area (Å²) in [7, 11) is -3.08. The van der Waals surface area contributed by atoms with Crippen LogP contribution in [0, 0.1) is 6.92 Å². The number of sulfone groups is 1. The number of rotatable bonds is 5. The summed E-state index contributed by atoms with van der Waals surface area (Å²) in [5.41, 5.74) is 1.16. The van der Waals surface area contributed by atoms with E-state index in [0.717, 1.165) is 11.1 Å². The molecule has 0 radical (unpaired) electrons. The Morgan fingerprint density at radius 1 is 1.33 bits per heavy atom. The van der Waals surface area contributed by atoms with Crippen molar-refractivity contribution in [2.75, 3.05) is 23.4 Å². The van der Waals surface area contributed by atoms with Gasteiger partial charge in [0, 0.05) is 17.7 Å². The van der Waals surface area contributed by atoms with Gasteiger partial charge in [-0.3, -0.25) is 0 Å². The Bertz CT molecular complexity index is 749. The lowest BCUT2D eigenvalue weighted by Crippen LogP contribution is -2.33. The summed E-state index contributed by atoms with van der Waals surface area (Å²) < 4.78 is 28.2. The number of anilines is 1. The fourth-order valence-corrected chi connectivity index (χ4v) is 2.62. The zero-order valence-corrected chi connectivity index (χ0v) is 12.8. The molecule has 1 aromatic heterocycles. The van der Waals surface area contributed by atoms with E-state index in [1.165, 1.54) is 0 Å². The molecule has 0 fully saturated rings. The van der Waals surface area contributed by atoms with Crippen LogP contribution in [0.1, 0.15) is 12.7 Å². The van der Waals surface area contributed by atoms with Gasteiger partial charge in [0.05, 0.1) is 11.4 Å². The molecule has 0 saturated heterocycles. The molecule has 1 aromatic carbocycles. The quantitative estimate of drug-likeness (QED) is 0.887. The fraction of sp³-hybridized carbons (Fsp3) is 0.357. The Kier molecular flexibility index (Phi) is 4.52. The second kappa shape index (κ2) is 6.17. The lowest BCUT2D eigenvalue weighted by molar-refractivity contribution is 0.252. The third-order valence-corrected chi connectivity index (χ3v) is 4.76. The van der Waals surface area contributed by atoms with Gasteiger partial charge < -0.3 is 15.1 Å². The van der Waals surface area contributed by atoms with Crippen molar-refractivity contribution in [2.45, 2.75) is 13.8 Å². The minimum Gasteiger partial charge on any atom is -0.459 e. The van der Waals surface area contributed by atoms with Crippen LogP contribution in [0.3, 0.4) is 0 Å². The van der Waals surface area contributed by atoms with Gasteiger partial charge in [-0.1, -0.05) is 19.1 Å². The number of furan rings is 1. The van der Waals surface area contributed by atoms with Gasteiger partial charge in [0.1, 0.15) is 5.76 Å². The second-order valence-corrected chi connectivity index (χ2v) is 7.17. The molecule has 0 aliphatic rings. The molecule has 1 heterocycles. The van der Waals surface area contributed by atoms with E-state index in [-0.39, 0.29) is 18.1 Å². The lowest BCUT2D eigenvalue weighted by atomic mass is 10.2. The molecule has 7 heteroatoms. The zero-order valence-electron chi connectivity index (χ0n) is 12.0. The first kappa shape index (κ1) is 15.4. The average molecular weight is 310 g/mol. The maximum atomic E-state index is 11.8. The van der Waals surface area contributed by atoms with Gasteiger partial charge in [0.25, 0.3) is 0 Å². The minimum absolute atomic E-state index is 0.0685. The highest BCUT2D eigenvalue weighted by molar-refractivity contribution is 7.91. The van der Waals surface area contributed by atoms with E-state index in [4.69, 9.17) is 4.42 Å². The molecule has 2 rings (SSSR count). The molecule has 114 valence electrons. The van der Waals surface area contributed by atoms with Crippen molar-refractivity contribution in [3.63, 3.8) is 0 Å². The standard InChI is InChI=1S/C14H18N2O4S/c1-3-21(18,19)8-7-15-14(17)16-12-6-4-5-11-9-10(2)20-13(11)12/h4-6,9H,3,7-8H2,1-2H3,(H2,15,16,17). The van der Waals surface area contributed by atoms with Crippen LogP contribution < -0.4 is 10.6 Å². The van der Waals surface area contributed by atoms with E-state index in [1.807, 2.05) is 25.1 Å². The Labute approximate surface area is 123 Å². The monoisotopic (exact) mass is 310 g/mol. The number of fused-ring (bicyclic) bond motifs is 1.